The van der Waals surface area contributed by atoms with Gasteiger partial charge in [0.2, 0.25) is 0 Å². The fraction of sp³-hybridized carbons (Fsp3) is 0.917. The molecule has 0 heterocycles. The van der Waals surface area contributed by atoms with E-state index < -0.39 is 6.16 Å². The Bertz CT molecular complexity index is 119. The van der Waals surface area contributed by atoms with Gasteiger partial charge in [-0.15, -0.1) is 0 Å². The molecule has 6 nitrogen and oxygen atoms in total. The molecule has 0 N–H and O–H groups in total. The van der Waals surface area contributed by atoms with Crippen molar-refractivity contribution in [3.05, 3.63) is 0 Å². The van der Waals surface area contributed by atoms with Crippen LogP contribution in [0.3, 0.4) is 0 Å². The van der Waals surface area contributed by atoms with Crippen molar-refractivity contribution in [2.45, 2.75) is 44.6 Å². The van der Waals surface area contributed by atoms with E-state index in [1.807, 2.05) is 0 Å². The molecule has 0 aromatic heterocycles. The third-order valence-electron chi connectivity index (χ3n) is 0.756. The second kappa shape index (κ2) is 36.0. The van der Waals surface area contributed by atoms with Crippen LogP contribution in [0.15, 0.2) is 0 Å². The summed E-state index contributed by atoms with van der Waals surface area (Å²) in [5, 5.41) is 0. The number of rotatable bonds is 6. The zero-order chi connectivity index (χ0) is 9.23. The summed E-state index contributed by atoms with van der Waals surface area (Å²) in [7, 11) is 2.86. The molecule has 0 aromatic carbocycles. The lowest BCUT2D eigenvalue weighted by atomic mass is 11.2. The van der Waals surface area contributed by atoms with E-state index in [2.05, 4.69) is 23.7 Å². The van der Waals surface area contributed by atoms with Crippen LogP contribution in [-0.2, 0) is 23.7 Å². The molecule has 0 aliphatic carbocycles. The van der Waals surface area contributed by atoms with Crippen LogP contribution in [0.5, 0.6) is 0 Å². The van der Waals surface area contributed by atoms with Gasteiger partial charge in [-0.05, 0) is 0 Å². The van der Waals surface area contributed by atoms with Gasteiger partial charge in [0.25, 0.3) is 0 Å². The summed E-state index contributed by atoms with van der Waals surface area (Å²) < 4.78 is 22.4. The first-order valence-electron chi connectivity index (χ1n) is 3.16. The molecule has 0 unspecified atom stereocenters. The van der Waals surface area contributed by atoms with Crippen LogP contribution in [0.2, 0.25) is 0 Å². The van der Waals surface area contributed by atoms with E-state index in [1.165, 1.54) is 14.2 Å². The first kappa shape index (κ1) is 43.4. The fourth-order valence-corrected chi connectivity index (χ4v) is 0.356. The van der Waals surface area contributed by atoms with Crippen molar-refractivity contribution in [1.29, 1.82) is 0 Å². The van der Waals surface area contributed by atoms with Crippen molar-refractivity contribution in [3.8, 4) is 0 Å². The van der Waals surface area contributed by atoms with Gasteiger partial charge in [0.05, 0.1) is 0 Å². The van der Waals surface area contributed by atoms with Crippen molar-refractivity contribution in [2.24, 2.45) is 0 Å². The maximum Gasteiger partial charge on any atom is 0.512 e. The van der Waals surface area contributed by atoms with Crippen LogP contribution in [0, 0.1) is 0 Å². The molecule has 18 heavy (non-hydrogen) atoms. The van der Waals surface area contributed by atoms with Crippen LogP contribution in [0.25, 0.3) is 0 Å². The van der Waals surface area contributed by atoms with Crippen LogP contribution in [0.4, 0.5) is 4.79 Å². The van der Waals surface area contributed by atoms with E-state index in [4.69, 9.17) is 0 Å². The van der Waals surface area contributed by atoms with Gasteiger partial charge in [-0.3, -0.25) is 0 Å². The lowest BCUT2D eigenvalue weighted by Crippen LogP contribution is -2.12. The van der Waals surface area contributed by atoms with Crippen LogP contribution in [0.1, 0.15) is 44.6 Å². The lowest BCUT2D eigenvalue weighted by molar-refractivity contribution is -0.116. The summed E-state index contributed by atoms with van der Waals surface area (Å²) in [5.41, 5.74) is 0. The van der Waals surface area contributed by atoms with Crippen LogP contribution < -0.4 is 0 Å². The third kappa shape index (κ3) is 36.2. The second-order valence-corrected chi connectivity index (χ2v) is 1.67. The standard InChI is InChI=1S/C6H12O6.6CH4/c1-8-3-10-5-12-6(7)11-4-9-2;;;;;;/h3-5H2,1-2H3;6*1H4. The Balaban J connectivity index is -0.0000000403. The summed E-state index contributed by atoms with van der Waals surface area (Å²) >= 11 is 0. The fourth-order valence-electron chi connectivity index (χ4n) is 0.356. The van der Waals surface area contributed by atoms with Gasteiger partial charge >= 0.3 is 6.16 Å². The Morgan fingerprint density at radius 1 is 0.722 bits per heavy atom. The van der Waals surface area contributed by atoms with Gasteiger partial charge in [0, 0.05) is 14.2 Å². The number of carbonyl (C=O) groups is 1. The van der Waals surface area contributed by atoms with Gasteiger partial charge in [-0.1, -0.05) is 44.6 Å². The van der Waals surface area contributed by atoms with Gasteiger partial charge in [-0.2, -0.15) is 0 Å². The molecule has 0 aromatic rings. The number of ether oxygens (including phenoxy) is 5. The summed E-state index contributed by atoms with van der Waals surface area (Å²) in [6.45, 7) is -0.267. The highest BCUT2D eigenvalue weighted by atomic mass is 16.8. The first-order chi connectivity index (χ1) is 5.81. The molecule has 0 saturated carbocycles. The molecule has 0 bridgehead atoms. The predicted molar refractivity (Wildman–Crippen MR) is 77.7 cm³/mol. The van der Waals surface area contributed by atoms with Gasteiger partial charge in [0.15, 0.2) is 13.6 Å². The Kier molecular flexibility index (Phi) is 86.8. The highest BCUT2D eigenvalue weighted by molar-refractivity contribution is 5.59. The van der Waals surface area contributed by atoms with Gasteiger partial charge in [-0.25, -0.2) is 4.79 Å². The zero-order valence-corrected chi connectivity index (χ0v) is 7.07. The topological polar surface area (TPSA) is 63.2 Å². The molecule has 0 aliphatic heterocycles. The Morgan fingerprint density at radius 2 is 1.11 bits per heavy atom. The molecule has 0 amide bonds. The van der Waals surface area contributed by atoms with Crippen molar-refractivity contribution >= 4 is 6.16 Å². The molecule has 0 aliphatic rings. The summed E-state index contributed by atoms with van der Waals surface area (Å²) in [4.78, 5) is 10.5. The first-order valence-corrected chi connectivity index (χ1v) is 3.16. The van der Waals surface area contributed by atoms with Crippen molar-refractivity contribution < 1.29 is 28.5 Å². The number of hydrogen-bond acceptors (Lipinski definition) is 6. The minimum atomic E-state index is -0.840. The maximum atomic E-state index is 10.5. The molecule has 120 valence electrons. The van der Waals surface area contributed by atoms with E-state index in [-0.39, 0.29) is 64.9 Å². The Hall–Kier alpha value is -0.850. The zero-order valence-electron chi connectivity index (χ0n) is 7.07. The van der Waals surface area contributed by atoms with Gasteiger partial charge < -0.3 is 23.7 Å². The minimum Gasteiger partial charge on any atom is -0.407 e. The Morgan fingerprint density at radius 3 is 1.50 bits per heavy atom. The second-order valence-electron chi connectivity index (χ2n) is 1.67. The molecule has 0 rings (SSSR count). The monoisotopic (exact) mass is 276 g/mol. The molecule has 0 spiro atoms. The highest BCUT2D eigenvalue weighted by Gasteiger charge is 2.01. The van der Waals surface area contributed by atoms with Crippen molar-refractivity contribution in [2.75, 3.05) is 34.6 Å². The molecule has 0 atom stereocenters. The van der Waals surface area contributed by atoms with E-state index in [0.29, 0.717) is 0 Å². The minimum absolute atomic E-state index is 0. The number of carbonyl (C=O) groups excluding carboxylic acids is 1. The quantitative estimate of drug-likeness (QED) is 0.413. The SMILES string of the molecule is C.C.C.C.C.C.COCOCOC(=O)OCOC. The predicted octanol–water partition coefficient (Wildman–Crippen LogP) is 4.14. The van der Waals surface area contributed by atoms with E-state index >= 15 is 0 Å². The number of hydrogen-bond donors (Lipinski definition) is 0. The summed E-state index contributed by atoms with van der Waals surface area (Å²) in [6, 6.07) is 0. The van der Waals surface area contributed by atoms with Crippen LogP contribution >= 0.6 is 0 Å². The molecular formula is C12H36O6. The smallest absolute Gasteiger partial charge is 0.407 e. The highest BCUT2D eigenvalue weighted by Crippen LogP contribution is 1.86. The molecule has 6 heteroatoms. The van der Waals surface area contributed by atoms with Gasteiger partial charge in [0.1, 0.15) is 6.79 Å². The van der Waals surface area contributed by atoms with E-state index in [9.17, 15) is 4.79 Å². The van der Waals surface area contributed by atoms with E-state index in [1.54, 1.807) is 0 Å². The largest absolute Gasteiger partial charge is 0.512 e. The molecule has 0 saturated heterocycles. The average Bonchev–Trinajstić information content (AvgIpc) is 2.09. The van der Waals surface area contributed by atoms with Crippen molar-refractivity contribution in [1.82, 2.24) is 0 Å². The normalized spacial score (nSPS) is 6.33. The van der Waals surface area contributed by atoms with E-state index in [0.717, 1.165) is 0 Å². The average molecular weight is 276 g/mol. The molecule has 0 fully saturated rings. The maximum absolute atomic E-state index is 10.5. The van der Waals surface area contributed by atoms with Crippen molar-refractivity contribution in [3.63, 3.8) is 0 Å². The summed E-state index contributed by atoms with van der Waals surface area (Å²) in [6.07, 6.45) is -0.840. The van der Waals surface area contributed by atoms with Crippen LogP contribution in [-0.4, -0.2) is 40.8 Å². The third-order valence-corrected chi connectivity index (χ3v) is 0.756. The molecular weight excluding hydrogens is 240 g/mol. The lowest BCUT2D eigenvalue weighted by Gasteiger charge is -2.04. The Labute approximate surface area is 115 Å². The summed E-state index contributed by atoms with van der Waals surface area (Å²) in [5.74, 6) is 0. The molecule has 0 radical (unpaired) electrons. The number of methoxy groups -OCH3 is 2.